The van der Waals surface area contributed by atoms with E-state index in [1.54, 1.807) is 31.2 Å². The Labute approximate surface area is 254 Å². The summed E-state index contributed by atoms with van der Waals surface area (Å²) in [5, 5.41) is 2.11. The molecular formula is C30H27N3O6S3. The number of nitrogens with one attached hydrogen (secondary N) is 1. The van der Waals surface area contributed by atoms with Gasteiger partial charge in [-0.25, -0.2) is 9.78 Å². The van der Waals surface area contributed by atoms with Crippen molar-refractivity contribution in [2.24, 2.45) is 0 Å². The number of carbonyl (C=O) groups excluding carboxylic acids is 3. The number of amides is 2. The van der Waals surface area contributed by atoms with E-state index in [1.807, 2.05) is 60.7 Å². The number of β-lactam (4-membered cyclic amide) rings is 1. The van der Waals surface area contributed by atoms with Gasteiger partial charge in [0, 0.05) is 0 Å². The van der Waals surface area contributed by atoms with Crippen LogP contribution in [0, 0.1) is 0 Å². The van der Waals surface area contributed by atoms with Crippen molar-refractivity contribution in [1.29, 1.82) is 0 Å². The van der Waals surface area contributed by atoms with Crippen molar-refractivity contribution in [3.63, 3.8) is 0 Å². The highest BCUT2D eigenvalue weighted by molar-refractivity contribution is 8.77. The van der Waals surface area contributed by atoms with Crippen molar-refractivity contribution in [1.82, 2.24) is 15.2 Å². The zero-order valence-corrected chi connectivity index (χ0v) is 25.2. The van der Waals surface area contributed by atoms with Gasteiger partial charge in [0.25, 0.3) is 11.8 Å². The van der Waals surface area contributed by atoms with Gasteiger partial charge in [-0.15, -0.1) is 11.3 Å². The Hall–Kier alpha value is -4.00. The van der Waals surface area contributed by atoms with E-state index in [0.29, 0.717) is 5.75 Å². The number of allylic oxidation sites excluding steroid dienone is 1. The maximum Gasteiger partial charge on any atom is 0.358 e. The maximum atomic E-state index is 13.5. The summed E-state index contributed by atoms with van der Waals surface area (Å²) in [4.78, 5) is 45.3. The molecule has 0 bridgehead atoms. The number of hydrogen-bond donors (Lipinski definition) is 1. The summed E-state index contributed by atoms with van der Waals surface area (Å²) in [7, 11) is 3.93. The Balaban J connectivity index is 1.36. The number of thiazole rings is 1. The van der Waals surface area contributed by atoms with E-state index < -0.39 is 29.2 Å². The van der Waals surface area contributed by atoms with Crippen LogP contribution >= 0.6 is 32.9 Å². The number of ether oxygens (including phenoxy) is 3. The zero-order chi connectivity index (χ0) is 29.5. The highest BCUT2D eigenvalue weighted by atomic mass is 33.1. The van der Waals surface area contributed by atoms with E-state index in [9.17, 15) is 14.4 Å². The quantitative estimate of drug-likeness (QED) is 0.0733. The fourth-order valence-corrected chi connectivity index (χ4v) is 8.05. The first-order valence-electron chi connectivity index (χ1n) is 12.9. The van der Waals surface area contributed by atoms with Crippen LogP contribution in [-0.2, 0) is 30.5 Å². The molecule has 1 aliphatic heterocycles. The molecule has 12 heteroatoms. The van der Waals surface area contributed by atoms with Gasteiger partial charge in [-0.2, -0.15) is 0 Å². The van der Waals surface area contributed by atoms with Crippen molar-refractivity contribution in [2.45, 2.75) is 29.3 Å². The zero-order valence-electron chi connectivity index (χ0n) is 22.7. The molecule has 2 atom stereocenters. The number of likely N-dealkylation sites (tertiary alicyclic amines) is 1. The van der Waals surface area contributed by atoms with Gasteiger partial charge >= 0.3 is 5.97 Å². The Bertz CT molecular complexity index is 1560. The smallest absolute Gasteiger partial charge is 0.358 e. The highest BCUT2D eigenvalue weighted by Crippen LogP contribution is 2.45. The fraction of sp³-hybridized carbons (Fsp3) is 0.200. The number of rotatable bonds is 12. The van der Waals surface area contributed by atoms with E-state index in [4.69, 9.17) is 14.2 Å². The second kappa shape index (κ2) is 13.8. The van der Waals surface area contributed by atoms with E-state index in [-0.39, 0.29) is 24.7 Å². The van der Waals surface area contributed by atoms with Crippen molar-refractivity contribution < 1.29 is 28.6 Å². The Kier molecular flexibility index (Phi) is 9.67. The van der Waals surface area contributed by atoms with Gasteiger partial charge in [-0.05, 0) is 47.5 Å². The third-order valence-corrected chi connectivity index (χ3v) is 10.2. The van der Waals surface area contributed by atoms with Gasteiger partial charge in [0.2, 0.25) is 0 Å². The molecule has 4 aromatic rings. The van der Waals surface area contributed by atoms with Crippen LogP contribution in [0.15, 0.2) is 101 Å². The number of methoxy groups -OCH3 is 1. The summed E-state index contributed by atoms with van der Waals surface area (Å²) in [5.41, 5.74) is 1.75. The standard InChI is InChI=1S/C30H27N3O6S3/c1-19(38-17-20-11-5-3-6-12-20)26(29(36)37-2)33-27(35)25(32-24(34)18-39-21-13-7-4-8-14-21)28(33)41-42-30-31-22-15-9-10-16-23(22)40-30/h3-16,25,28H,17-18H2,1-2H3,(H,32,34)/b26-19+. The molecule has 0 saturated carbocycles. The predicted molar refractivity (Wildman–Crippen MR) is 164 cm³/mol. The van der Waals surface area contributed by atoms with Crippen LogP contribution in [0.25, 0.3) is 10.2 Å². The molecule has 1 N–H and O–H groups in total. The van der Waals surface area contributed by atoms with Crippen molar-refractivity contribution in [3.8, 4) is 5.75 Å². The maximum absolute atomic E-state index is 13.5. The molecule has 1 aromatic heterocycles. The average Bonchev–Trinajstić information content (AvgIpc) is 3.45. The molecule has 0 spiro atoms. The summed E-state index contributed by atoms with van der Waals surface area (Å²) in [6, 6.07) is 25.3. The van der Waals surface area contributed by atoms with E-state index >= 15 is 0 Å². The molecule has 216 valence electrons. The molecule has 1 aliphatic rings. The number of hydrogen-bond acceptors (Lipinski definition) is 10. The van der Waals surface area contributed by atoms with Crippen molar-refractivity contribution >= 4 is 60.9 Å². The minimum absolute atomic E-state index is 0.0214. The molecule has 2 unspecified atom stereocenters. The number of para-hydroxylation sites is 2. The molecule has 0 aliphatic carbocycles. The normalized spacial score (nSPS) is 16.8. The summed E-state index contributed by atoms with van der Waals surface area (Å²) >= 11 is 1.52. The van der Waals surface area contributed by atoms with Gasteiger partial charge in [0.05, 0.1) is 17.3 Å². The molecule has 5 rings (SSSR count). The van der Waals surface area contributed by atoms with Gasteiger partial charge < -0.3 is 19.5 Å². The molecule has 2 amide bonds. The average molecular weight is 622 g/mol. The van der Waals surface area contributed by atoms with Crippen LogP contribution in [0.2, 0.25) is 0 Å². The lowest BCUT2D eigenvalue weighted by atomic mass is 10.1. The first-order chi connectivity index (χ1) is 20.4. The number of fused-ring (bicyclic) bond motifs is 1. The molecular weight excluding hydrogens is 595 g/mol. The lowest BCUT2D eigenvalue weighted by Crippen LogP contribution is -2.69. The van der Waals surface area contributed by atoms with Crippen LogP contribution < -0.4 is 10.1 Å². The third kappa shape index (κ3) is 6.89. The minimum atomic E-state index is -0.912. The van der Waals surface area contributed by atoms with Crippen LogP contribution in [-0.4, -0.2) is 52.8 Å². The van der Waals surface area contributed by atoms with Gasteiger partial charge in [-0.3, -0.25) is 14.5 Å². The second-order valence-electron chi connectivity index (χ2n) is 9.04. The summed E-state index contributed by atoms with van der Waals surface area (Å²) < 4.78 is 18.3. The molecule has 1 fully saturated rings. The first-order valence-corrected chi connectivity index (χ1v) is 15.9. The Morgan fingerprint density at radius 2 is 1.69 bits per heavy atom. The van der Waals surface area contributed by atoms with Crippen LogP contribution in [0.4, 0.5) is 0 Å². The fourth-order valence-electron chi connectivity index (χ4n) is 4.13. The number of aromatic nitrogens is 1. The Morgan fingerprint density at radius 1 is 1.00 bits per heavy atom. The molecule has 2 heterocycles. The van der Waals surface area contributed by atoms with E-state index in [0.717, 1.165) is 20.1 Å². The summed E-state index contributed by atoms with van der Waals surface area (Å²) in [6.45, 7) is 1.55. The van der Waals surface area contributed by atoms with E-state index in [2.05, 4.69) is 10.3 Å². The van der Waals surface area contributed by atoms with Crippen molar-refractivity contribution in [3.05, 3.63) is 102 Å². The second-order valence-corrected chi connectivity index (χ2v) is 12.6. The number of nitrogens with zero attached hydrogens (tertiary/aromatic N) is 2. The van der Waals surface area contributed by atoms with Crippen molar-refractivity contribution in [2.75, 3.05) is 13.7 Å². The molecule has 9 nitrogen and oxygen atoms in total. The van der Waals surface area contributed by atoms with E-state index in [1.165, 1.54) is 44.9 Å². The lowest BCUT2D eigenvalue weighted by molar-refractivity contribution is -0.152. The number of benzene rings is 3. The first kappa shape index (κ1) is 29.5. The topological polar surface area (TPSA) is 107 Å². The lowest BCUT2D eigenvalue weighted by Gasteiger charge is -2.46. The van der Waals surface area contributed by atoms with Gasteiger partial charge in [0.1, 0.15) is 29.5 Å². The third-order valence-electron chi connectivity index (χ3n) is 6.22. The predicted octanol–water partition coefficient (Wildman–Crippen LogP) is 5.39. The summed E-state index contributed by atoms with van der Waals surface area (Å²) in [5.74, 6) is -0.885. The SMILES string of the molecule is COC(=O)/C(=C(/C)OCc1ccccc1)N1C(=O)C(NC(=O)COc2ccccc2)C1SSc1nc2ccccc2s1. The van der Waals surface area contributed by atoms with Crippen LogP contribution in [0.5, 0.6) is 5.75 Å². The molecule has 0 radical (unpaired) electrons. The largest absolute Gasteiger partial charge is 0.491 e. The Morgan fingerprint density at radius 3 is 2.40 bits per heavy atom. The van der Waals surface area contributed by atoms with Gasteiger partial charge in [-0.1, -0.05) is 71.5 Å². The molecule has 42 heavy (non-hydrogen) atoms. The number of esters is 1. The molecule has 3 aromatic carbocycles. The van der Waals surface area contributed by atoms with Crippen LogP contribution in [0.1, 0.15) is 12.5 Å². The van der Waals surface area contributed by atoms with Gasteiger partial charge in [0.15, 0.2) is 16.6 Å². The molecule has 1 saturated heterocycles. The highest BCUT2D eigenvalue weighted by Gasteiger charge is 2.53. The number of carbonyl (C=O) groups is 3. The summed E-state index contributed by atoms with van der Waals surface area (Å²) in [6.07, 6.45) is 0. The monoisotopic (exact) mass is 621 g/mol. The van der Waals surface area contributed by atoms with Crippen LogP contribution in [0.3, 0.4) is 0 Å². The minimum Gasteiger partial charge on any atom is -0.491 e.